The van der Waals surface area contributed by atoms with Crippen LogP contribution in [0.5, 0.6) is 0 Å². The Labute approximate surface area is 249 Å². The maximum absolute atomic E-state index is 13.4. The minimum absolute atomic E-state index is 0.0858. The highest BCUT2D eigenvalue weighted by Gasteiger charge is 2.58. The first-order valence-electron chi connectivity index (χ1n) is 14.1. The van der Waals surface area contributed by atoms with E-state index < -0.39 is 5.41 Å². The predicted octanol–water partition coefficient (Wildman–Crippen LogP) is 7.85. The molecule has 6 nitrogen and oxygen atoms in total. The summed E-state index contributed by atoms with van der Waals surface area (Å²) in [6.07, 6.45) is 4.60. The molecule has 41 heavy (non-hydrogen) atoms. The molecule has 212 valence electrons. The van der Waals surface area contributed by atoms with Gasteiger partial charge in [-0.2, -0.15) is 4.99 Å². The van der Waals surface area contributed by atoms with E-state index in [1.54, 1.807) is 0 Å². The highest BCUT2D eigenvalue weighted by atomic mass is 32.2. The molecule has 0 bridgehead atoms. The van der Waals surface area contributed by atoms with E-state index in [1.165, 1.54) is 41.3 Å². The summed E-state index contributed by atoms with van der Waals surface area (Å²) in [7, 11) is 1.48. The van der Waals surface area contributed by atoms with Crippen molar-refractivity contribution in [2.45, 2.75) is 71.1 Å². The van der Waals surface area contributed by atoms with E-state index >= 15 is 0 Å². The van der Waals surface area contributed by atoms with Crippen molar-refractivity contribution in [3.05, 3.63) is 74.5 Å². The fourth-order valence-electron chi connectivity index (χ4n) is 6.97. The number of benzene rings is 2. The number of esters is 1. The number of nitrogens with one attached hydrogen (secondary N) is 1. The van der Waals surface area contributed by atoms with Crippen molar-refractivity contribution >= 4 is 51.4 Å². The van der Waals surface area contributed by atoms with Gasteiger partial charge in [-0.05, 0) is 78.8 Å². The monoisotopic (exact) mass is 585 g/mol. The van der Waals surface area contributed by atoms with Gasteiger partial charge in [-0.3, -0.25) is 9.59 Å². The lowest BCUT2D eigenvalue weighted by Crippen LogP contribution is -2.50. The Bertz CT molecular complexity index is 1640. The Kier molecular flexibility index (Phi) is 6.97. The molecule has 3 aromatic rings. The molecule has 0 radical (unpaired) electrons. The number of hydrogen-bond donors (Lipinski definition) is 1. The van der Waals surface area contributed by atoms with Crippen LogP contribution in [0.15, 0.2) is 52.4 Å². The summed E-state index contributed by atoms with van der Waals surface area (Å²) < 4.78 is 5.40. The van der Waals surface area contributed by atoms with Crippen LogP contribution in [0.3, 0.4) is 0 Å². The maximum atomic E-state index is 13.4. The zero-order chi connectivity index (χ0) is 29.1. The molecule has 3 aliphatic rings. The molecule has 2 aromatic carbocycles. The number of ether oxygens (including phenoxy) is 1. The van der Waals surface area contributed by atoms with Gasteiger partial charge < -0.3 is 10.1 Å². The minimum Gasteiger partial charge on any atom is -0.469 e. The van der Waals surface area contributed by atoms with E-state index in [2.05, 4.69) is 51.2 Å². The first-order valence-corrected chi connectivity index (χ1v) is 15.8. The second-order valence-electron chi connectivity index (χ2n) is 12.1. The van der Waals surface area contributed by atoms with Crippen LogP contribution in [0, 0.1) is 12.3 Å². The number of nitrogens with zero attached hydrogens (tertiary/aromatic N) is 2. The topological polar surface area (TPSA) is 80.7 Å². The Morgan fingerprint density at radius 2 is 1.98 bits per heavy atom. The van der Waals surface area contributed by atoms with Crippen LogP contribution in [0.2, 0.25) is 0 Å². The van der Waals surface area contributed by atoms with Crippen LogP contribution in [0.25, 0.3) is 17.3 Å². The molecular formula is C33H35N3O3S2. The van der Waals surface area contributed by atoms with Crippen LogP contribution in [0.4, 0.5) is 5.13 Å². The van der Waals surface area contributed by atoms with Crippen molar-refractivity contribution in [1.82, 2.24) is 10.3 Å². The Hall–Kier alpha value is -3.23. The lowest BCUT2D eigenvalue weighted by Gasteiger charge is -2.53. The number of methoxy groups -OCH3 is 1. The normalized spacial score (nSPS) is 27.0. The van der Waals surface area contributed by atoms with Gasteiger partial charge in [0.05, 0.1) is 23.1 Å². The van der Waals surface area contributed by atoms with Crippen molar-refractivity contribution in [2.24, 2.45) is 10.4 Å². The molecule has 8 heteroatoms. The molecule has 1 amide bonds. The number of thiazole rings is 1. The zero-order valence-electron chi connectivity index (χ0n) is 24.3. The molecule has 3 atom stereocenters. The quantitative estimate of drug-likeness (QED) is 0.249. The first kappa shape index (κ1) is 27.9. The largest absolute Gasteiger partial charge is 0.469 e. The van der Waals surface area contributed by atoms with E-state index in [4.69, 9.17) is 14.7 Å². The third-order valence-electron chi connectivity index (χ3n) is 9.13. The average molecular weight is 586 g/mol. The van der Waals surface area contributed by atoms with Gasteiger partial charge >= 0.3 is 5.97 Å². The van der Waals surface area contributed by atoms with Gasteiger partial charge in [-0.15, -0.1) is 0 Å². The SMILES string of the molecule is COC(=O)[C@]1(C)CCC[C@]2(C)c3ccc(C(C)C)cc3-c3nc(/N=C4\NC(=O)/C(=C/c5ccccc5C)S4)sc3C12. The van der Waals surface area contributed by atoms with Gasteiger partial charge in [0, 0.05) is 21.8 Å². The number of rotatable bonds is 4. The third kappa shape index (κ3) is 4.56. The van der Waals surface area contributed by atoms with E-state index in [0.29, 0.717) is 21.1 Å². The molecule has 1 N–H and O–H groups in total. The van der Waals surface area contributed by atoms with E-state index in [-0.39, 0.29) is 23.2 Å². The molecule has 0 spiro atoms. The van der Waals surface area contributed by atoms with Crippen molar-refractivity contribution in [2.75, 3.05) is 7.11 Å². The van der Waals surface area contributed by atoms with Crippen molar-refractivity contribution in [3.63, 3.8) is 0 Å². The van der Waals surface area contributed by atoms with Gasteiger partial charge in [0.2, 0.25) is 5.13 Å². The molecule has 1 aromatic heterocycles. The average Bonchev–Trinajstić information content (AvgIpc) is 3.51. The van der Waals surface area contributed by atoms with Crippen LogP contribution in [-0.4, -0.2) is 29.1 Å². The minimum atomic E-state index is -0.679. The van der Waals surface area contributed by atoms with Crippen LogP contribution in [-0.2, 0) is 19.7 Å². The van der Waals surface area contributed by atoms with Crippen LogP contribution < -0.4 is 5.32 Å². The number of fused-ring (bicyclic) bond motifs is 6. The van der Waals surface area contributed by atoms with Gasteiger partial charge in [-0.1, -0.05) is 74.9 Å². The second kappa shape index (κ2) is 10.2. The summed E-state index contributed by atoms with van der Waals surface area (Å²) in [5, 5.41) is 4.02. The molecular weight excluding hydrogens is 551 g/mol. The maximum Gasteiger partial charge on any atom is 0.312 e. The van der Waals surface area contributed by atoms with Gasteiger partial charge in [0.15, 0.2) is 5.17 Å². The summed E-state index contributed by atoms with van der Waals surface area (Å²) in [6, 6.07) is 14.7. The molecule has 1 saturated heterocycles. The predicted molar refractivity (Wildman–Crippen MR) is 168 cm³/mol. The molecule has 1 unspecified atom stereocenters. The molecule has 1 saturated carbocycles. The molecule has 6 rings (SSSR count). The summed E-state index contributed by atoms with van der Waals surface area (Å²) >= 11 is 2.86. The lowest BCUT2D eigenvalue weighted by molar-refractivity contribution is -0.157. The molecule has 1 aliphatic heterocycles. The lowest BCUT2D eigenvalue weighted by atomic mass is 9.50. The van der Waals surface area contributed by atoms with Crippen LogP contribution in [0.1, 0.15) is 85.9 Å². The van der Waals surface area contributed by atoms with Gasteiger partial charge in [0.1, 0.15) is 0 Å². The number of hydrogen-bond acceptors (Lipinski definition) is 7. The zero-order valence-corrected chi connectivity index (χ0v) is 26.0. The fraction of sp³-hybridized carbons (Fsp3) is 0.394. The van der Waals surface area contributed by atoms with Gasteiger partial charge in [0.25, 0.3) is 5.91 Å². The number of aromatic nitrogens is 1. The fourth-order valence-corrected chi connectivity index (χ4v) is 9.20. The number of carbonyl (C=O) groups is 2. The summed E-state index contributed by atoms with van der Waals surface area (Å²) in [5.74, 6) is -0.0453. The standard InChI is InChI=1S/C33H35N3O3S2/c1-18(2)20-12-13-23-22(16-20)25-26(27-32(23,4)14-9-15-33(27,5)29(38)39-6)41-30(34-25)36-31-35-28(37)24(40-31)17-21-11-8-7-10-19(21)3/h7-8,10-13,16-18,27H,9,14-15H2,1-6H3,(H,34,35,36,37)/b24-17-/t27?,32-,33-/m1/s1. The van der Waals surface area contributed by atoms with Crippen LogP contribution >= 0.6 is 23.1 Å². The van der Waals surface area contributed by atoms with E-state index in [1.807, 2.05) is 37.3 Å². The highest BCUT2D eigenvalue weighted by Crippen LogP contribution is 2.65. The van der Waals surface area contributed by atoms with E-state index in [9.17, 15) is 9.59 Å². The Morgan fingerprint density at radius 1 is 1.20 bits per heavy atom. The van der Waals surface area contributed by atoms with Crippen molar-refractivity contribution < 1.29 is 14.3 Å². The number of amides is 1. The summed E-state index contributed by atoms with van der Waals surface area (Å²) in [5.41, 5.74) is 5.72. The molecule has 2 aliphatic carbocycles. The van der Waals surface area contributed by atoms with Crippen molar-refractivity contribution in [1.29, 1.82) is 0 Å². The number of aliphatic imine (C=N–C) groups is 1. The number of carbonyl (C=O) groups excluding carboxylic acids is 2. The first-order chi connectivity index (χ1) is 19.5. The number of thioether (sulfide) groups is 1. The van der Waals surface area contributed by atoms with Gasteiger partial charge in [-0.25, -0.2) is 4.98 Å². The smallest absolute Gasteiger partial charge is 0.312 e. The molecule has 2 heterocycles. The van der Waals surface area contributed by atoms with Crippen molar-refractivity contribution in [3.8, 4) is 11.3 Å². The Balaban J connectivity index is 1.46. The molecule has 2 fully saturated rings. The van der Waals surface area contributed by atoms with E-state index in [0.717, 1.165) is 46.5 Å². The second-order valence-corrected chi connectivity index (χ2v) is 14.2. The highest BCUT2D eigenvalue weighted by molar-refractivity contribution is 8.18. The summed E-state index contributed by atoms with van der Waals surface area (Å²) in [4.78, 5) is 37.8. The third-order valence-corrected chi connectivity index (χ3v) is 11.1. The Morgan fingerprint density at radius 3 is 2.71 bits per heavy atom. The summed E-state index contributed by atoms with van der Waals surface area (Å²) in [6.45, 7) is 10.8. The number of amidine groups is 1. The number of aryl methyl sites for hydroxylation is 1.